The largest absolute Gasteiger partial charge is 0.493 e. The van der Waals surface area contributed by atoms with Crippen LogP contribution in [0.15, 0.2) is 24.3 Å². The lowest BCUT2D eigenvalue weighted by atomic mass is 9.69. The third-order valence-electron chi connectivity index (χ3n) is 6.71. The van der Waals surface area contributed by atoms with Gasteiger partial charge in [0.15, 0.2) is 17.7 Å². The molecule has 0 radical (unpaired) electrons. The smallest absolute Gasteiger partial charge is 0.171 e. The molecule has 2 heterocycles. The molecule has 0 unspecified atom stereocenters. The van der Waals surface area contributed by atoms with Crippen molar-refractivity contribution in [2.75, 3.05) is 25.5 Å². The molecule has 0 saturated heterocycles. The van der Waals surface area contributed by atoms with E-state index in [1.54, 1.807) is 7.11 Å². The van der Waals surface area contributed by atoms with Crippen molar-refractivity contribution in [3.05, 3.63) is 35.4 Å². The van der Waals surface area contributed by atoms with E-state index in [2.05, 4.69) is 38.9 Å². The fourth-order valence-corrected chi connectivity index (χ4v) is 5.53. The first-order valence-corrected chi connectivity index (χ1v) is 12.2. The zero-order valence-electron chi connectivity index (χ0n) is 17.4. The van der Waals surface area contributed by atoms with Crippen molar-refractivity contribution in [1.82, 2.24) is 0 Å². The molecule has 158 valence electrons. The van der Waals surface area contributed by atoms with Crippen LogP contribution in [0.1, 0.15) is 62.5 Å². The van der Waals surface area contributed by atoms with Gasteiger partial charge >= 0.3 is 0 Å². The molecule has 0 saturated carbocycles. The Labute approximate surface area is 182 Å². The van der Waals surface area contributed by atoms with Gasteiger partial charge in [0.1, 0.15) is 19.2 Å². The molecule has 1 spiro atoms. The maximum absolute atomic E-state index is 10.2. The number of nitrogens with zero attached hydrogens (tertiary/aromatic N) is 1. The molecule has 1 aromatic carbocycles. The second-order valence-corrected chi connectivity index (χ2v) is 9.39. The third kappa shape index (κ3) is 4.13. The van der Waals surface area contributed by atoms with E-state index in [9.17, 15) is 5.11 Å². The summed E-state index contributed by atoms with van der Waals surface area (Å²) in [5, 5.41) is 11.3. The van der Waals surface area contributed by atoms with Crippen LogP contribution >= 0.6 is 15.9 Å². The summed E-state index contributed by atoms with van der Waals surface area (Å²) in [6.45, 7) is 2.12. The van der Waals surface area contributed by atoms with Crippen LogP contribution < -0.4 is 9.47 Å². The molecule has 0 bridgehead atoms. The minimum atomic E-state index is -0.428. The average molecular weight is 463 g/mol. The van der Waals surface area contributed by atoms with Crippen molar-refractivity contribution >= 4 is 22.1 Å². The van der Waals surface area contributed by atoms with Crippen LogP contribution in [0.5, 0.6) is 11.5 Å². The van der Waals surface area contributed by atoms with Crippen molar-refractivity contribution in [1.29, 1.82) is 0 Å². The van der Waals surface area contributed by atoms with Crippen LogP contribution in [-0.2, 0) is 5.41 Å². The number of aliphatic hydroxyl groups is 1. The van der Waals surface area contributed by atoms with Crippen LogP contribution in [0.25, 0.3) is 0 Å². The third-order valence-corrected chi connectivity index (χ3v) is 7.27. The van der Waals surface area contributed by atoms with E-state index in [4.69, 9.17) is 9.47 Å². The van der Waals surface area contributed by atoms with Crippen LogP contribution in [0.4, 0.5) is 0 Å². The molecule has 29 heavy (non-hydrogen) atoms. The second-order valence-electron chi connectivity index (χ2n) is 8.60. The van der Waals surface area contributed by atoms with Gasteiger partial charge in [-0.3, -0.25) is 0 Å². The number of alkyl halides is 1. The molecule has 2 aliphatic heterocycles. The van der Waals surface area contributed by atoms with Gasteiger partial charge in [0.05, 0.1) is 18.6 Å². The highest BCUT2D eigenvalue weighted by atomic mass is 79.9. The minimum absolute atomic E-state index is 0.0182. The molecule has 4 rings (SSSR count). The Bertz CT molecular complexity index is 791. The van der Waals surface area contributed by atoms with Gasteiger partial charge in [0.2, 0.25) is 0 Å². The predicted octanol–water partition coefficient (Wildman–Crippen LogP) is 4.59. The molecule has 1 aromatic rings. The van der Waals surface area contributed by atoms with Gasteiger partial charge in [-0.2, -0.15) is 0 Å². The van der Waals surface area contributed by atoms with Gasteiger partial charge in [-0.05, 0) is 25.0 Å². The summed E-state index contributed by atoms with van der Waals surface area (Å²) in [5.41, 5.74) is 2.33. The molecule has 3 aliphatic rings. The van der Waals surface area contributed by atoms with Crippen molar-refractivity contribution in [3.63, 3.8) is 0 Å². The molecule has 5 heteroatoms. The Morgan fingerprint density at radius 2 is 2.00 bits per heavy atom. The van der Waals surface area contributed by atoms with E-state index in [0.29, 0.717) is 6.42 Å². The topological polar surface area (TPSA) is 41.7 Å². The first-order valence-electron chi connectivity index (χ1n) is 11.1. The fourth-order valence-electron chi connectivity index (χ4n) is 5.13. The van der Waals surface area contributed by atoms with E-state index in [1.165, 1.54) is 49.7 Å². The number of unbranched alkanes of at least 4 members (excludes halogenated alkanes) is 5. The van der Waals surface area contributed by atoms with E-state index in [0.717, 1.165) is 36.3 Å². The van der Waals surface area contributed by atoms with E-state index < -0.39 is 6.10 Å². The Hall–Kier alpha value is -1.33. The number of ether oxygens (including phenoxy) is 2. The Kier molecular flexibility index (Phi) is 6.65. The zero-order valence-corrected chi connectivity index (χ0v) is 19.0. The normalized spacial score (nSPS) is 26.9. The summed E-state index contributed by atoms with van der Waals surface area (Å²) in [6, 6.07) is 4.19. The minimum Gasteiger partial charge on any atom is -0.493 e. The van der Waals surface area contributed by atoms with E-state index in [-0.39, 0.29) is 11.5 Å². The summed E-state index contributed by atoms with van der Waals surface area (Å²) in [7, 11) is 1.70. The molecular weight excluding hydrogens is 430 g/mol. The van der Waals surface area contributed by atoms with Crippen LogP contribution in [-0.4, -0.2) is 53.6 Å². The highest BCUT2D eigenvalue weighted by Crippen LogP contribution is 2.54. The molecule has 4 nitrogen and oxygen atoms in total. The highest BCUT2D eigenvalue weighted by Gasteiger charge is 2.53. The van der Waals surface area contributed by atoms with Crippen molar-refractivity contribution in [2.45, 2.75) is 69.0 Å². The standard InChI is InChI=1S/C24H33BrNO3/c1-28-20-9-8-18-17-26(14-7-5-3-2-4-6-13-25)15-12-24-11-10-19(27)16-21(24)29-23(20)22(18)24/h8-11,17,19,21,27H,2-7,12-16H2,1H3/q+1/t19-,21-,24-/m0/s1. The zero-order chi connectivity index (χ0) is 20.3. The van der Waals surface area contributed by atoms with Crippen molar-refractivity contribution in [2.24, 2.45) is 0 Å². The SMILES string of the molecule is COc1ccc2c3c1O[C@H]1C[C@@H](O)C=C[C@@]31CC[N+](CCCCCCCCBr)=C2. The van der Waals surface area contributed by atoms with E-state index in [1.807, 2.05) is 12.1 Å². The van der Waals surface area contributed by atoms with E-state index >= 15 is 0 Å². The number of benzene rings is 1. The fraction of sp³-hybridized carbons (Fsp3) is 0.625. The summed E-state index contributed by atoms with van der Waals surface area (Å²) in [4.78, 5) is 0. The molecule has 0 amide bonds. The average Bonchev–Trinajstić information content (AvgIpc) is 2.96. The summed E-state index contributed by atoms with van der Waals surface area (Å²) >= 11 is 3.51. The van der Waals surface area contributed by atoms with Gasteiger partial charge in [-0.15, -0.1) is 0 Å². The van der Waals surface area contributed by atoms with Gasteiger partial charge in [-0.25, -0.2) is 4.58 Å². The molecule has 0 fully saturated rings. The molecule has 0 aromatic heterocycles. The lowest BCUT2D eigenvalue weighted by Crippen LogP contribution is -2.42. The highest BCUT2D eigenvalue weighted by molar-refractivity contribution is 9.09. The molecular formula is C24H33BrNO3+. The Morgan fingerprint density at radius 3 is 2.79 bits per heavy atom. The van der Waals surface area contributed by atoms with Crippen molar-refractivity contribution in [3.8, 4) is 11.5 Å². The van der Waals surface area contributed by atoms with Crippen LogP contribution in [0, 0.1) is 0 Å². The maximum Gasteiger partial charge on any atom is 0.171 e. The molecule has 1 aliphatic carbocycles. The lowest BCUT2D eigenvalue weighted by molar-refractivity contribution is -0.524. The van der Waals surface area contributed by atoms with Gasteiger partial charge in [0.25, 0.3) is 0 Å². The summed E-state index contributed by atoms with van der Waals surface area (Å²) in [6.07, 6.45) is 15.5. The Balaban J connectivity index is 1.52. The molecule has 3 atom stereocenters. The number of halogens is 1. The van der Waals surface area contributed by atoms with Gasteiger partial charge in [-0.1, -0.05) is 47.3 Å². The maximum atomic E-state index is 10.2. The first kappa shape index (κ1) is 20.9. The van der Waals surface area contributed by atoms with Gasteiger partial charge in [0, 0.05) is 35.7 Å². The summed E-state index contributed by atoms with van der Waals surface area (Å²) in [5.74, 6) is 1.67. The number of methoxy groups -OCH3 is 1. The number of rotatable bonds is 9. The number of hydrogen-bond acceptors (Lipinski definition) is 3. The van der Waals surface area contributed by atoms with Crippen molar-refractivity contribution < 1.29 is 19.2 Å². The second kappa shape index (κ2) is 9.22. The first-order chi connectivity index (χ1) is 14.2. The quantitative estimate of drug-likeness (QED) is 0.252. The predicted molar refractivity (Wildman–Crippen MR) is 120 cm³/mol. The monoisotopic (exact) mass is 462 g/mol. The molecule has 1 N–H and O–H groups in total. The lowest BCUT2D eigenvalue weighted by Gasteiger charge is -2.34. The summed E-state index contributed by atoms with van der Waals surface area (Å²) < 4.78 is 14.5. The van der Waals surface area contributed by atoms with Gasteiger partial charge < -0.3 is 14.6 Å². The van der Waals surface area contributed by atoms with Crippen LogP contribution in [0.3, 0.4) is 0 Å². The number of aliphatic hydroxyl groups excluding tert-OH is 1. The Morgan fingerprint density at radius 1 is 1.21 bits per heavy atom. The number of hydrogen-bond donors (Lipinski definition) is 1. The van der Waals surface area contributed by atoms with Crippen LogP contribution in [0.2, 0.25) is 0 Å².